The van der Waals surface area contributed by atoms with Crippen LogP contribution < -0.4 is 0 Å². The van der Waals surface area contributed by atoms with E-state index in [0.29, 0.717) is 22.0 Å². The predicted molar refractivity (Wildman–Crippen MR) is 68.5 cm³/mol. The molecule has 0 fully saturated rings. The average molecular weight is 260 g/mol. The number of carbonyl (C=O) groups is 2. The van der Waals surface area contributed by atoms with Crippen LogP contribution in [-0.2, 0) is 14.3 Å². The Kier molecular flexibility index (Phi) is 3.61. The minimum atomic E-state index is -0.468. The van der Waals surface area contributed by atoms with Gasteiger partial charge in [0.1, 0.15) is 0 Å². The Balaban J connectivity index is 2.49. The van der Waals surface area contributed by atoms with Crippen molar-refractivity contribution in [1.29, 1.82) is 0 Å². The van der Waals surface area contributed by atoms with Crippen molar-refractivity contribution in [2.45, 2.75) is 0 Å². The number of nitrogens with zero attached hydrogens (tertiary/aromatic N) is 1. The number of aromatic nitrogens is 2. The number of aromatic amines is 1. The maximum atomic E-state index is 11.7. The third kappa shape index (κ3) is 2.62. The highest BCUT2D eigenvalue weighted by Crippen LogP contribution is 2.20. The summed E-state index contributed by atoms with van der Waals surface area (Å²) >= 11 is 0. The van der Waals surface area contributed by atoms with Crippen LogP contribution in [0.4, 0.5) is 0 Å². The maximum Gasteiger partial charge on any atom is 0.338 e. The van der Waals surface area contributed by atoms with Gasteiger partial charge in [-0.1, -0.05) is 0 Å². The molecule has 0 radical (unpaired) electrons. The van der Waals surface area contributed by atoms with Crippen molar-refractivity contribution in [3.63, 3.8) is 0 Å². The number of hydrogen-bond acceptors (Lipinski definition) is 5. The molecule has 0 bridgehead atoms. The second-order valence-electron chi connectivity index (χ2n) is 3.75. The summed E-state index contributed by atoms with van der Waals surface area (Å²) in [6.45, 7) is 0. The van der Waals surface area contributed by atoms with Crippen LogP contribution in [-0.4, -0.2) is 36.4 Å². The van der Waals surface area contributed by atoms with Crippen LogP contribution in [0.25, 0.3) is 17.0 Å². The van der Waals surface area contributed by atoms with E-state index in [1.165, 1.54) is 20.3 Å². The van der Waals surface area contributed by atoms with Crippen molar-refractivity contribution < 1.29 is 19.1 Å². The van der Waals surface area contributed by atoms with E-state index in [1.807, 2.05) is 0 Å². The molecule has 1 aromatic heterocycles. The SMILES string of the molecule is COC(=O)C=Cc1cc(C(=O)OC)c2cn[nH]c2c1. The molecular formula is C13H12N2O4. The third-order valence-corrected chi connectivity index (χ3v) is 2.60. The van der Waals surface area contributed by atoms with E-state index >= 15 is 0 Å². The lowest BCUT2D eigenvalue weighted by Gasteiger charge is -2.02. The Bertz CT molecular complexity index is 658. The van der Waals surface area contributed by atoms with Crippen LogP contribution in [0.1, 0.15) is 15.9 Å². The molecular weight excluding hydrogens is 248 g/mol. The Morgan fingerprint density at radius 1 is 1.26 bits per heavy atom. The molecule has 1 aromatic carbocycles. The first-order chi connectivity index (χ1) is 9.15. The van der Waals surface area contributed by atoms with Gasteiger partial charge >= 0.3 is 11.9 Å². The first-order valence-electron chi connectivity index (χ1n) is 5.47. The summed E-state index contributed by atoms with van der Waals surface area (Å²) in [5, 5.41) is 7.32. The first-order valence-corrected chi connectivity index (χ1v) is 5.47. The molecule has 1 heterocycles. The number of methoxy groups -OCH3 is 2. The van der Waals surface area contributed by atoms with E-state index in [2.05, 4.69) is 14.9 Å². The monoisotopic (exact) mass is 260 g/mol. The van der Waals surface area contributed by atoms with E-state index in [0.717, 1.165) is 0 Å². The number of benzene rings is 1. The fourth-order valence-corrected chi connectivity index (χ4v) is 1.68. The molecule has 0 saturated carbocycles. The summed E-state index contributed by atoms with van der Waals surface area (Å²) in [6.07, 6.45) is 4.38. The van der Waals surface area contributed by atoms with Gasteiger partial charge < -0.3 is 9.47 Å². The highest BCUT2D eigenvalue weighted by atomic mass is 16.5. The van der Waals surface area contributed by atoms with Crippen molar-refractivity contribution in [2.75, 3.05) is 14.2 Å². The molecule has 0 unspecified atom stereocenters. The van der Waals surface area contributed by atoms with Crippen LogP contribution in [0.3, 0.4) is 0 Å². The molecule has 0 aliphatic heterocycles. The molecule has 2 rings (SSSR count). The predicted octanol–water partition coefficient (Wildman–Crippen LogP) is 1.54. The van der Waals surface area contributed by atoms with Crippen LogP contribution >= 0.6 is 0 Å². The molecule has 6 nitrogen and oxygen atoms in total. The van der Waals surface area contributed by atoms with Gasteiger partial charge in [-0.05, 0) is 23.8 Å². The van der Waals surface area contributed by atoms with Gasteiger partial charge in [0.25, 0.3) is 0 Å². The molecule has 0 saturated heterocycles. The van der Waals surface area contributed by atoms with Crippen LogP contribution in [0.15, 0.2) is 24.4 Å². The summed E-state index contributed by atoms with van der Waals surface area (Å²) < 4.78 is 9.22. The molecule has 0 aliphatic carbocycles. The topological polar surface area (TPSA) is 81.3 Å². The van der Waals surface area contributed by atoms with Crippen molar-refractivity contribution in [3.8, 4) is 0 Å². The molecule has 98 valence electrons. The second-order valence-corrected chi connectivity index (χ2v) is 3.75. The largest absolute Gasteiger partial charge is 0.466 e. The van der Waals surface area contributed by atoms with Crippen LogP contribution in [0.2, 0.25) is 0 Å². The van der Waals surface area contributed by atoms with E-state index in [4.69, 9.17) is 4.74 Å². The minimum absolute atomic E-state index is 0.387. The van der Waals surface area contributed by atoms with E-state index < -0.39 is 11.9 Å². The molecule has 0 amide bonds. The Morgan fingerprint density at radius 2 is 2.05 bits per heavy atom. The van der Waals surface area contributed by atoms with Gasteiger partial charge in [0.15, 0.2) is 0 Å². The lowest BCUT2D eigenvalue weighted by Crippen LogP contribution is -2.02. The number of ether oxygens (including phenoxy) is 2. The van der Waals surface area contributed by atoms with Gasteiger partial charge in [0.05, 0.1) is 31.5 Å². The quantitative estimate of drug-likeness (QED) is 0.668. The van der Waals surface area contributed by atoms with E-state index in [9.17, 15) is 9.59 Å². The van der Waals surface area contributed by atoms with Gasteiger partial charge in [0, 0.05) is 11.5 Å². The van der Waals surface area contributed by atoms with E-state index in [-0.39, 0.29) is 0 Å². The number of nitrogens with one attached hydrogen (secondary N) is 1. The molecule has 19 heavy (non-hydrogen) atoms. The Hall–Kier alpha value is -2.63. The van der Waals surface area contributed by atoms with Gasteiger partial charge in [-0.25, -0.2) is 9.59 Å². The number of H-pyrrole nitrogens is 1. The highest BCUT2D eigenvalue weighted by Gasteiger charge is 2.12. The van der Waals surface area contributed by atoms with E-state index in [1.54, 1.807) is 24.4 Å². The Morgan fingerprint density at radius 3 is 2.74 bits per heavy atom. The lowest BCUT2D eigenvalue weighted by molar-refractivity contribution is -0.134. The molecule has 1 N–H and O–H groups in total. The molecule has 0 atom stereocenters. The van der Waals surface area contributed by atoms with Gasteiger partial charge in [-0.3, -0.25) is 5.10 Å². The fraction of sp³-hybridized carbons (Fsp3) is 0.154. The zero-order valence-corrected chi connectivity index (χ0v) is 10.5. The number of rotatable bonds is 3. The summed E-state index contributed by atoms with van der Waals surface area (Å²) in [6, 6.07) is 3.40. The molecule has 2 aromatic rings. The van der Waals surface area contributed by atoms with Crippen molar-refractivity contribution in [3.05, 3.63) is 35.5 Å². The smallest absolute Gasteiger partial charge is 0.338 e. The fourth-order valence-electron chi connectivity index (χ4n) is 1.68. The summed E-state index contributed by atoms with van der Waals surface area (Å²) in [5.41, 5.74) is 1.74. The van der Waals surface area contributed by atoms with Gasteiger partial charge in [-0.15, -0.1) is 0 Å². The average Bonchev–Trinajstić information content (AvgIpc) is 2.91. The van der Waals surface area contributed by atoms with Crippen LogP contribution in [0.5, 0.6) is 0 Å². The zero-order chi connectivity index (χ0) is 13.8. The van der Waals surface area contributed by atoms with Crippen molar-refractivity contribution in [1.82, 2.24) is 10.2 Å². The first kappa shape index (κ1) is 12.8. The number of carbonyl (C=O) groups excluding carboxylic acids is 2. The van der Waals surface area contributed by atoms with Gasteiger partial charge in [0.2, 0.25) is 0 Å². The zero-order valence-electron chi connectivity index (χ0n) is 10.5. The van der Waals surface area contributed by atoms with Crippen LogP contribution in [0, 0.1) is 0 Å². The Labute approximate surface area is 109 Å². The molecule has 0 aliphatic rings. The number of hydrogen-bond donors (Lipinski definition) is 1. The highest BCUT2D eigenvalue weighted by molar-refractivity contribution is 6.04. The maximum absolute atomic E-state index is 11.7. The lowest BCUT2D eigenvalue weighted by atomic mass is 10.1. The summed E-state index contributed by atoms with van der Waals surface area (Å²) in [4.78, 5) is 22.7. The summed E-state index contributed by atoms with van der Waals surface area (Å²) in [5.74, 6) is -0.927. The third-order valence-electron chi connectivity index (χ3n) is 2.60. The molecule has 6 heteroatoms. The number of fused-ring (bicyclic) bond motifs is 1. The molecule has 0 spiro atoms. The van der Waals surface area contributed by atoms with Crippen molar-refractivity contribution >= 4 is 28.9 Å². The minimum Gasteiger partial charge on any atom is -0.466 e. The number of esters is 2. The van der Waals surface area contributed by atoms with Crippen molar-refractivity contribution in [2.24, 2.45) is 0 Å². The van der Waals surface area contributed by atoms with Gasteiger partial charge in [-0.2, -0.15) is 5.10 Å². The second kappa shape index (κ2) is 5.34. The standard InChI is InChI=1S/C13H12N2O4/c1-18-12(16)4-3-8-5-9(13(17)19-2)10-7-14-15-11(10)6-8/h3-7H,1-2H3,(H,14,15). The normalized spacial score (nSPS) is 10.8. The summed E-state index contributed by atoms with van der Waals surface area (Å²) in [7, 11) is 2.61.